The van der Waals surface area contributed by atoms with Gasteiger partial charge in [0.25, 0.3) is 0 Å². The SMILES string of the molecule is Cc1nc(-c2ccc(N[C@H](C)C(=O)Nc3cccc(Cl)c3C)cc2)cs1. The molecule has 0 unspecified atom stereocenters. The number of rotatable bonds is 5. The third-order valence-corrected chi connectivity index (χ3v) is 5.28. The first-order valence-corrected chi connectivity index (χ1v) is 9.55. The molecule has 1 amide bonds. The van der Waals surface area contributed by atoms with Gasteiger partial charge in [-0.2, -0.15) is 0 Å². The summed E-state index contributed by atoms with van der Waals surface area (Å²) >= 11 is 7.73. The number of hydrogen-bond acceptors (Lipinski definition) is 4. The van der Waals surface area contributed by atoms with E-state index in [-0.39, 0.29) is 11.9 Å². The van der Waals surface area contributed by atoms with E-state index in [1.165, 1.54) is 0 Å². The Morgan fingerprint density at radius 2 is 1.88 bits per heavy atom. The molecule has 0 radical (unpaired) electrons. The van der Waals surface area contributed by atoms with E-state index in [9.17, 15) is 4.79 Å². The standard InChI is InChI=1S/C20H20ClN3OS/c1-12-17(21)5-4-6-18(12)24-20(25)13(2)22-16-9-7-15(8-10-16)19-11-26-14(3)23-19/h4-11,13,22H,1-3H3,(H,24,25)/t13-/m1/s1. The van der Waals surface area contributed by atoms with E-state index < -0.39 is 0 Å². The Balaban J connectivity index is 1.64. The summed E-state index contributed by atoms with van der Waals surface area (Å²) in [6.07, 6.45) is 0. The maximum Gasteiger partial charge on any atom is 0.246 e. The predicted molar refractivity (Wildman–Crippen MR) is 110 cm³/mol. The molecular formula is C20H20ClN3OS. The number of nitrogens with one attached hydrogen (secondary N) is 2. The molecule has 0 bridgehead atoms. The minimum Gasteiger partial charge on any atom is -0.374 e. The maximum absolute atomic E-state index is 12.4. The van der Waals surface area contributed by atoms with Crippen LogP contribution >= 0.6 is 22.9 Å². The Bertz CT molecular complexity index is 921. The van der Waals surface area contributed by atoms with Crippen LogP contribution in [-0.2, 0) is 4.79 Å². The number of amides is 1. The molecule has 2 N–H and O–H groups in total. The number of carbonyl (C=O) groups is 1. The third-order valence-electron chi connectivity index (χ3n) is 4.10. The third kappa shape index (κ3) is 4.23. The van der Waals surface area contributed by atoms with Crippen molar-refractivity contribution < 1.29 is 4.79 Å². The second-order valence-electron chi connectivity index (χ2n) is 6.10. The second-order valence-corrected chi connectivity index (χ2v) is 7.57. The Labute approximate surface area is 162 Å². The first-order valence-electron chi connectivity index (χ1n) is 8.29. The molecule has 1 heterocycles. The highest BCUT2D eigenvalue weighted by atomic mass is 35.5. The zero-order chi connectivity index (χ0) is 18.7. The van der Waals surface area contributed by atoms with Gasteiger partial charge in [-0.05, 0) is 50.6 Å². The van der Waals surface area contributed by atoms with Crippen LogP contribution in [0.3, 0.4) is 0 Å². The van der Waals surface area contributed by atoms with Gasteiger partial charge in [-0.15, -0.1) is 11.3 Å². The van der Waals surface area contributed by atoms with Crippen molar-refractivity contribution in [3.05, 3.63) is 63.4 Å². The molecule has 0 saturated heterocycles. The van der Waals surface area contributed by atoms with Crippen LogP contribution in [0.15, 0.2) is 47.8 Å². The average molecular weight is 386 g/mol. The van der Waals surface area contributed by atoms with Gasteiger partial charge in [-0.1, -0.05) is 29.8 Å². The molecular weight excluding hydrogens is 366 g/mol. The highest BCUT2D eigenvalue weighted by Gasteiger charge is 2.14. The Kier molecular flexibility index (Phi) is 5.59. The molecule has 0 aliphatic rings. The maximum atomic E-state index is 12.4. The van der Waals surface area contributed by atoms with Crippen LogP contribution in [0.1, 0.15) is 17.5 Å². The van der Waals surface area contributed by atoms with Crippen molar-refractivity contribution in [2.24, 2.45) is 0 Å². The van der Waals surface area contributed by atoms with Crippen LogP contribution in [0.25, 0.3) is 11.3 Å². The lowest BCUT2D eigenvalue weighted by molar-refractivity contribution is -0.116. The summed E-state index contributed by atoms with van der Waals surface area (Å²) in [5.41, 5.74) is 4.50. The van der Waals surface area contributed by atoms with E-state index in [1.54, 1.807) is 17.4 Å². The monoisotopic (exact) mass is 385 g/mol. The van der Waals surface area contributed by atoms with Crippen LogP contribution < -0.4 is 10.6 Å². The van der Waals surface area contributed by atoms with Gasteiger partial charge in [-0.3, -0.25) is 4.79 Å². The molecule has 0 spiro atoms. The number of anilines is 2. The van der Waals surface area contributed by atoms with Crippen molar-refractivity contribution in [2.45, 2.75) is 26.8 Å². The normalized spacial score (nSPS) is 11.8. The van der Waals surface area contributed by atoms with Gasteiger partial charge >= 0.3 is 0 Å². The van der Waals surface area contributed by atoms with Crippen LogP contribution in [0, 0.1) is 13.8 Å². The summed E-state index contributed by atoms with van der Waals surface area (Å²) in [7, 11) is 0. The van der Waals surface area contributed by atoms with Crippen molar-refractivity contribution >= 4 is 40.2 Å². The summed E-state index contributed by atoms with van der Waals surface area (Å²) in [6.45, 7) is 5.70. The largest absolute Gasteiger partial charge is 0.374 e. The summed E-state index contributed by atoms with van der Waals surface area (Å²) in [6, 6.07) is 13.0. The Morgan fingerprint density at radius 1 is 1.15 bits per heavy atom. The van der Waals surface area contributed by atoms with Crippen LogP contribution in [0.4, 0.5) is 11.4 Å². The van der Waals surface area contributed by atoms with Gasteiger partial charge in [0.1, 0.15) is 6.04 Å². The Morgan fingerprint density at radius 3 is 2.54 bits per heavy atom. The molecule has 4 nitrogen and oxygen atoms in total. The molecule has 3 aromatic rings. The molecule has 1 atom stereocenters. The highest BCUT2D eigenvalue weighted by molar-refractivity contribution is 7.09. The molecule has 3 rings (SSSR count). The van der Waals surface area contributed by atoms with Gasteiger partial charge in [0, 0.05) is 27.3 Å². The smallest absolute Gasteiger partial charge is 0.246 e. The van der Waals surface area contributed by atoms with Crippen molar-refractivity contribution in [2.75, 3.05) is 10.6 Å². The minimum atomic E-state index is -0.388. The van der Waals surface area contributed by atoms with E-state index in [4.69, 9.17) is 11.6 Å². The summed E-state index contributed by atoms with van der Waals surface area (Å²) in [5, 5.41) is 9.86. The van der Waals surface area contributed by atoms with E-state index in [1.807, 2.05) is 62.5 Å². The van der Waals surface area contributed by atoms with Gasteiger partial charge < -0.3 is 10.6 Å². The first-order chi connectivity index (χ1) is 12.4. The van der Waals surface area contributed by atoms with Crippen LogP contribution in [-0.4, -0.2) is 16.9 Å². The lowest BCUT2D eigenvalue weighted by atomic mass is 10.1. The fourth-order valence-corrected chi connectivity index (χ4v) is 3.33. The van der Waals surface area contributed by atoms with Gasteiger partial charge in [-0.25, -0.2) is 4.98 Å². The number of thiazole rings is 1. The lowest BCUT2D eigenvalue weighted by Gasteiger charge is -2.17. The fourth-order valence-electron chi connectivity index (χ4n) is 2.53. The average Bonchev–Trinajstić information content (AvgIpc) is 3.06. The van der Waals surface area contributed by atoms with Crippen LogP contribution in [0.2, 0.25) is 5.02 Å². The van der Waals surface area contributed by atoms with E-state index >= 15 is 0 Å². The molecule has 1 aromatic heterocycles. The quantitative estimate of drug-likeness (QED) is 0.608. The van der Waals surface area contributed by atoms with Gasteiger partial charge in [0.15, 0.2) is 0 Å². The van der Waals surface area contributed by atoms with Crippen molar-refractivity contribution in [3.8, 4) is 11.3 Å². The summed E-state index contributed by atoms with van der Waals surface area (Å²) < 4.78 is 0. The topological polar surface area (TPSA) is 54.0 Å². The fraction of sp³-hybridized carbons (Fsp3) is 0.200. The van der Waals surface area contributed by atoms with Gasteiger partial charge in [0.2, 0.25) is 5.91 Å². The number of nitrogens with zero attached hydrogens (tertiary/aromatic N) is 1. The summed E-state index contributed by atoms with van der Waals surface area (Å²) in [4.78, 5) is 16.9. The number of halogens is 1. The molecule has 0 fully saturated rings. The number of aromatic nitrogens is 1. The molecule has 0 aliphatic heterocycles. The zero-order valence-electron chi connectivity index (χ0n) is 14.8. The molecule has 0 saturated carbocycles. The number of carbonyl (C=O) groups excluding carboxylic acids is 1. The van der Waals surface area contributed by atoms with E-state index in [0.717, 1.165) is 33.2 Å². The first kappa shape index (κ1) is 18.4. The number of hydrogen-bond donors (Lipinski definition) is 2. The van der Waals surface area contributed by atoms with Gasteiger partial charge in [0.05, 0.1) is 10.7 Å². The highest BCUT2D eigenvalue weighted by Crippen LogP contribution is 2.24. The minimum absolute atomic E-state index is 0.116. The second kappa shape index (κ2) is 7.89. The van der Waals surface area contributed by atoms with Crippen molar-refractivity contribution in [3.63, 3.8) is 0 Å². The van der Waals surface area contributed by atoms with Crippen molar-refractivity contribution in [1.29, 1.82) is 0 Å². The Hall–Kier alpha value is -2.37. The molecule has 2 aromatic carbocycles. The number of benzene rings is 2. The van der Waals surface area contributed by atoms with E-state index in [2.05, 4.69) is 15.6 Å². The summed E-state index contributed by atoms with van der Waals surface area (Å²) in [5.74, 6) is -0.116. The molecule has 26 heavy (non-hydrogen) atoms. The number of aryl methyl sites for hydroxylation is 1. The molecule has 134 valence electrons. The molecule has 0 aliphatic carbocycles. The van der Waals surface area contributed by atoms with Crippen molar-refractivity contribution in [1.82, 2.24) is 4.98 Å². The zero-order valence-corrected chi connectivity index (χ0v) is 16.4. The lowest BCUT2D eigenvalue weighted by Crippen LogP contribution is -2.32. The van der Waals surface area contributed by atoms with Crippen LogP contribution in [0.5, 0.6) is 0 Å². The predicted octanol–water partition coefficient (Wildman–Crippen LogP) is 5.52. The molecule has 6 heteroatoms. The van der Waals surface area contributed by atoms with E-state index in [0.29, 0.717) is 5.02 Å².